The molecule has 1 heterocycles. The number of hydrogen-bond acceptors (Lipinski definition) is 1. The number of para-hydroxylation sites is 1. The molecule has 3 aromatic rings. The molecule has 0 unspecified atom stereocenters. The van der Waals surface area contributed by atoms with Gasteiger partial charge in [-0.2, -0.15) is 5.26 Å². The van der Waals surface area contributed by atoms with Crippen LogP contribution in [0.25, 0.3) is 10.9 Å². The first kappa shape index (κ1) is 12.5. The highest BCUT2D eigenvalue weighted by molar-refractivity contribution is 5.86. The molecule has 0 bridgehead atoms. The Labute approximate surface area is 118 Å². The van der Waals surface area contributed by atoms with Gasteiger partial charge >= 0.3 is 0 Å². The molecule has 0 spiro atoms. The van der Waals surface area contributed by atoms with Crippen LogP contribution in [0.3, 0.4) is 0 Å². The van der Waals surface area contributed by atoms with Gasteiger partial charge in [-0.1, -0.05) is 42.0 Å². The summed E-state index contributed by atoms with van der Waals surface area (Å²) in [6.07, 6.45) is 1.95. The van der Waals surface area contributed by atoms with Crippen LogP contribution in [0.5, 0.6) is 0 Å². The van der Waals surface area contributed by atoms with Crippen LogP contribution in [-0.4, -0.2) is 4.57 Å². The first-order valence-corrected chi connectivity index (χ1v) is 6.73. The van der Waals surface area contributed by atoms with E-state index in [2.05, 4.69) is 48.7 Å². The molecule has 0 saturated heterocycles. The standard InChI is InChI=1S/C18H16N2/c1-13-7-8-14(2)15(9-13)11-20-12-16(10-19)17-5-3-4-6-18(17)20/h3-9,12H,11H2,1-2H3. The van der Waals surface area contributed by atoms with Crippen molar-refractivity contribution >= 4 is 10.9 Å². The monoisotopic (exact) mass is 260 g/mol. The van der Waals surface area contributed by atoms with E-state index in [-0.39, 0.29) is 0 Å². The van der Waals surface area contributed by atoms with E-state index < -0.39 is 0 Å². The number of fused-ring (bicyclic) bond motifs is 1. The molecule has 20 heavy (non-hydrogen) atoms. The van der Waals surface area contributed by atoms with Gasteiger partial charge in [0.25, 0.3) is 0 Å². The van der Waals surface area contributed by atoms with Crippen LogP contribution in [0.1, 0.15) is 22.3 Å². The van der Waals surface area contributed by atoms with E-state index in [1.54, 1.807) is 0 Å². The number of hydrogen-bond donors (Lipinski definition) is 0. The Balaban J connectivity index is 2.12. The fourth-order valence-electron chi connectivity index (χ4n) is 2.62. The second-order valence-corrected chi connectivity index (χ2v) is 5.23. The summed E-state index contributed by atoms with van der Waals surface area (Å²) in [7, 11) is 0. The van der Waals surface area contributed by atoms with Gasteiger partial charge in [0.1, 0.15) is 6.07 Å². The molecule has 0 radical (unpaired) electrons. The third-order valence-electron chi connectivity index (χ3n) is 3.75. The summed E-state index contributed by atoms with van der Waals surface area (Å²) in [5.74, 6) is 0. The second kappa shape index (κ2) is 4.86. The highest BCUT2D eigenvalue weighted by Gasteiger charge is 2.08. The van der Waals surface area contributed by atoms with Gasteiger partial charge in [0.05, 0.1) is 5.56 Å². The van der Waals surface area contributed by atoms with Gasteiger partial charge in [0, 0.05) is 23.6 Å². The molecule has 3 rings (SSSR count). The largest absolute Gasteiger partial charge is 0.342 e. The smallest absolute Gasteiger partial charge is 0.101 e. The first-order valence-electron chi connectivity index (χ1n) is 6.73. The Morgan fingerprint density at radius 1 is 1.10 bits per heavy atom. The maximum Gasteiger partial charge on any atom is 0.101 e. The van der Waals surface area contributed by atoms with E-state index in [9.17, 15) is 5.26 Å². The molecule has 0 fully saturated rings. The van der Waals surface area contributed by atoms with Crippen LogP contribution in [0.4, 0.5) is 0 Å². The topological polar surface area (TPSA) is 28.7 Å². The average Bonchev–Trinajstić information content (AvgIpc) is 2.81. The van der Waals surface area contributed by atoms with Gasteiger partial charge in [0.2, 0.25) is 0 Å². The minimum absolute atomic E-state index is 0.742. The fourth-order valence-corrected chi connectivity index (χ4v) is 2.62. The average molecular weight is 260 g/mol. The number of aromatic nitrogens is 1. The van der Waals surface area contributed by atoms with Gasteiger partial charge in [-0.05, 0) is 31.0 Å². The molecule has 0 N–H and O–H groups in total. The van der Waals surface area contributed by atoms with Crippen LogP contribution in [-0.2, 0) is 6.54 Å². The van der Waals surface area contributed by atoms with Crippen molar-refractivity contribution in [3.8, 4) is 6.07 Å². The maximum atomic E-state index is 9.25. The van der Waals surface area contributed by atoms with Crippen molar-refractivity contribution < 1.29 is 0 Å². The second-order valence-electron chi connectivity index (χ2n) is 5.23. The van der Waals surface area contributed by atoms with Gasteiger partial charge in [0.15, 0.2) is 0 Å². The number of aryl methyl sites for hydroxylation is 2. The van der Waals surface area contributed by atoms with Crippen molar-refractivity contribution in [2.45, 2.75) is 20.4 Å². The molecular formula is C18H16N2. The zero-order valence-corrected chi connectivity index (χ0v) is 11.7. The quantitative estimate of drug-likeness (QED) is 0.679. The van der Waals surface area contributed by atoms with Crippen molar-refractivity contribution in [1.82, 2.24) is 4.57 Å². The highest BCUT2D eigenvalue weighted by Crippen LogP contribution is 2.22. The van der Waals surface area contributed by atoms with Crippen molar-refractivity contribution in [2.75, 3.05) is 0 Å². The number of rotatable bonds is 2. The summed E-state index contributed by atoms with van der Waals surface area (Å²) < 4.78 is 2.16. The molecule has 0 amide bonds. The lowest BCUT2D eigenvalue weighted by Gasteiger charge is -2.09. The maximum absolute atomic E-state index is 9.25. The number of nitrogens with zero attached hydrogens (tertiary/aromatic N) is 2. The molecule has 2 heteroatoms. The van der Waals surface area contributed by atoms with Crippen LogP contribution in [0.2, 0.25) is 0 Å². The molecule has 0 aliphatic rings. The Hall–Kier alpha value is -2.53. The SMILES string of the molecule is Cc1ccc(C)c(Cn2cc(C#N)c3ccccc32)c1. The van der Waals surface area contributed by atoms with Crippen molar-refractivity contribution in [1.29, 1.82) is 5.26 Å². The van der Waals surface area contributed by atoms with E-state index >= 15 is 0 Å². The van der Waals surface area contributed by atoms with Gasteiger partial charge in [-0.3, -0.25) is 0 Å². The van der Waals surface area contributed by atoms with Crippen molar-refractivity contribution in [3.05, 3.63) is 70.9 Å². The lowest BCUT2D eigenvalue weighted by molar-refractivity contribution is 0.828. The first-order chi connectivity index (χ1) is 9.69. The Bertz CT molecular complexity index is 819. The predicted molar refractivity (Wildman–Crippen MR) is 81.7 cm³/mol. The molecule has 0 aliphatic carbocycles. The number of nitriles is 1. The van der Waals surface area contributed by atoms with E-state index in [1.165, 1.54) is 16.7 Å². The predicted octanol–water partition coefficient (Wildman–Crippen LogP) is 4.18. The van der Waals surface area contributed by atoms with Gasteiger partial charge < -0.3 is 4.57 Å². The Morgan fingerprint density at radius 2 is 1.90 bits per heavy atom. The third-order valence-corrected chi connectivity index (χ3v) is 3.75. The highest BCUT2D eigenvalue weighted by atomic mass is 15.0. The van der Waals surface area contributed by atoms with E-state index in [4.69, 9.17) is 0 Å². The molecule has 0 saturated carbocycles. The lowest BCUT2D eigenvalue weighted by Crippen LogP contribution is -2.00. The summed E-state index contributed by atoms with van der Waals surface area (Å²) in [6.45, 7) is 5.04. The summed E-state index contributed by atoms with van der Waals surface area (Å²) in [5, 5.41) is 10.3. The third kappa shape index (κ3) is 2.08. The molecule has 98 valence electrons. The molecule has 1 aromatic heterocycles. The normalized spacial score (nSPS) is 10.7. The molecular weight excluding hydrogens is 244 g/mol. The Morgan fingerprint density at radius 3 is 2.70 bits per heavy atom. The van der Waals surface area contributed by atoms with E-state index in [0.717, 1.165) is 23.0 Å². The molecule has 2 aromatic carbocycles. The van der Waals surface area contributed by atoms with Crippen LogP contribution < -0.4 is 0 Å². The minimum atomic E-state index is 0.742. The summed E-state index contributed by atoms with van der Waals surface area (Å²) in [6, 6.07) is 16.9. The zero-order chi connectivity index (χ0) is 14.1. The van der Waals surface area contributed by atoms with E-state index in [1.807, 2.05) is 24.4 Å². The fraction of sp³-hybridized carbons (Fsp3) is 0.167. The van der Waals surface area contributed by atoms with Crippen molar-refractivity contribution in [3.63, 3.8) is 0 Å². The van der Waals surface area contributed by atoms with Gasteiger partial charge in [-0.25, -0.2) is 0 Å². The Kier molecular flexibility index (Phi) is 3.04. The summed E-state index contributed by atoms with van der Waals surface area (Å²) >= 11 is 0. The summed E-state index contributed by atoms with van der Waals surface area (Å²) in [5.41, 5.74) is 5.71. The lowest BCUT2D eigenvalue weighted by atomic mass is 10.1. The molecule has 0 aliphatic heterocycles. The van der Waals surface area contributed by atoms with Crippen LogP contribution in [0.15, 0.2) is 48.7 Å². The summed E-state index contributed by atoms with van der Waals surface area (Å²) in [4.78, 5) is 0. The van der Waals surface area contributed by atoms with Gasteiger partial charge in [-0.15, -0.1) is 0 Å². The molecule has 2 nitrogen and oxygen atoms in total. The number of benzene rings is 2. The zero-order valence-electron chi connectivity index (χ0n) is 11.7. The van der Waals surface area contributed by atoms with Crippen molar-refractivity contribution in [2.24, 2.45) is 0 Å². The van der Waals surface area contributed by atoms with Crippen LogP contribution in [0, 0.1) is 25.2 Å². The minimum Gasteiger partial charge on any atom is -0.342 e. The van der Waals surface area contributed by atoms with E-state index in [0.29, 0.717) is 0 Å². The van der Waals surface area contributed by atoms with Crippen LogP contribution >= 0.6 is 0 Å². The molecule has 0 atom stereocenters.